The number of fused-ring (bicyclic) bond motifs is 1. The van der Waals surface area contributed by atoms with E-state index in [1.54, 1.807) is 0 Å². The number of benzene rings is 1. The molecule has 0 unspecified atom stereocenters. The standard InChI is InChI=1S/C17H26N2O/c1-20-16-6-9-17(13-18,10-7-16)19-11-8-14-4-2-3-5-15(14)12-19/h2-5,16H,6-13,18H2,1H3. The summed E-state index contributed by atoms with van der Waals surface area (Å²) < 4.78 is 5.51. The maximum atomic E-state index is 6.19. The molecule has 3 nitrogen and oxygen atoms in total. The Morgan fingerprint density at radius 2 is 1.95 bits per heavy atom. The molecule has 1 aliphatic heterocycles. The molecule has 110 valence electrons. The molecule has 0 atom stereocenters. The van der Waals surface area contributed by atoms with Gasteiger partial charge in [-0.2, -0.15) is 0 Å². The Kier molecular flexibility index (Phi) is 4.11. The van der Waals surface area contributed by atoms with Gasteiger partial charge in [0.05, 0.1) is 6.10 Å². The van der Waals surface area contributed by atoms with Gasteiger partial charge >= 0.3 is 0 Å². The van der Waals surface area contributed by atoms with Crippen molar-refractivity contribution in [3.63, 3.8) is 0 Å². The van der Waals surface area contributed by atoms with Crippen molar-refractivity contribution in [2.75, 3.05) is 20.2 Å². The fourth-order valence-electron chi connectivity index (χ4n) is 3.91. The van der Waals surface area contributed by atoms with Crippen molar-refractivity contribution in [2.24, 2.45) is 5.73 Å². The molecule has 0 amide bonds. The van der Waals surface area contributed by atoms with Crippen LogP contribution >= 0.6 is 0 Å². The van der Waals surface area contributed by atoms with E-state index in [9.17, 15) is 0 Å². The molecule has 2 N–H and O–H groups in total. The van der Waals surface area contributed by atoms with Gasteiger partial charge < -0.3 is 10.5 Å². The second-order valence-corrected chi connectivity index (χ2v) is 6.30. The summed E-state index contributed by atoms with van der Waals surface area (Å²) in [6, 6.07) is 8.84. The van der Waals surface area contributed by atoms with Gasteiger partial charge in [0, 0.05) is 32.3 Å². The molecule has 1 heterocycles. The zero-order valence-electron chi connectivity index (χ0n) is 12.5. The SMILES string of the molecule is COC1CCC(CN)(N2CCc3ccccc3C2)CC1. The van der Waals surface area contributed by atoms with Crippen LogP contribution < -0.4 is 5.73 Å². The third-order valence-corrected chi connectivity index (χ3v) is 5.38. The molecule has 3 heteroatoms. The van der Waals surface area contributed by atoms with E-state index in [1.807, 2.05) is 7.11 Å². The van der Waals surface area contributed by atoms with Crippen LogP contribution in [0.2, 0.25) is 0 Å². The van der Waals surface area contributed by atoms with Crippen LogP contribution in [0.15, 0.2) is 24.3 Å². The minimum Gasteiger partial charge on any atom is -0.381 e. The predicted molar refractivity (Wildman–Crippen MR) is 81.6 cm³/mol. The van der Waals surface area contributed by atoms with Gasteiger partial charge in [-0.1, -0.05) is 24.3 Å². The van der Waals surface area contributed by atoms with Crippen LogP contribution in [-0.4, -0.2) is 36.7 Å². The molecule has 0 radical (unpaired) electrons. The summed E-state index contributed by atoms with van der Waals surface area (Å²) in [5, 5.41) is 0. The van der Waals surface area contributed by atoms with Gasteiger partial charge in [0.1, 0.15) is 0 Å². The first-order valence-corrected chi connectivity index (χ1v) is 7.82. The molecule has 1 aromatic rings. The Bertz CT molecular complexity index is 452. The van der Waals surface area contributed by atoms with Crippen LogP contribution in [0.4, 0.5) is 0 Å². The number of rotatable bonds is 3. The van der Waals surface area contributed by atoms with Crippen molar-refractivity contribution in [3.05, 3.63) is 35.4 Å². The maximum absolute atomic E-state index is 6.19. The van der Waals surface area contributed by atoms with E-state index in [0.717, 1.165) is 38.9 Å². The molecule has 2 aliphatic rings. The third kappa shape index (κ3) is 2.50. The van der Waals surface area contributed by atoms with Crippen LogP contribution in [0.25, 0.3) is 0 Å². The number of ether oxygens (including phenoxy) is 1. The molecule has 0 spiro atoms. The van der Waals surface area contributed by atoms with E-state index >= 15 is 0 Å². The van der Waals surface area contributed by atoms with Crippen LogP contribution in [-0.2, 0) is 17.7 Å². The second-order valence-electron chi connectivity index (χ2n) is 6.30. The van der Waals surface area contributed by atoms with Crippen molar-refractivity contribution in [1.82, 2.24) is 4.90 Å². The van der Waals surface area contributed by atoms with Crippen LogP contribution in [0, 0.1) is 0 Å². The highest BCUT2D eigenvalue weighted by atomic mass is 16.5. The van der Waals surface area contributed by atoms with Gasteiger partial charge in [-0.3, -0.25) is 4.90 Å². The quantitative estimate of drug-likeness (QED) is 0.919. The summed E-state index contributed by atoms with van der Waals surface area (Å²) >= 11 is 0. The van der Waals surface area contributed by atoms with Gasteiger partial charge in [0.2, 0.25) is 0 Å². The largest absolute Gasteiger partial charge is 0.381 e. The summed E-state index contributed by atoms with van der Waals surface area (Å²) in [5.74, 6) is 0. The molecule has 1 aromatic carbocycles. The highest BCUT2D eigenvalue weighted by Crippen LogP contribution is 2.36. The first-order valence-electron chi connectivity index (χ1n) is 7.82. The van der Waals surface area contributed by atoms with Crippen molar-refractivity contribution in [3.8, 4) is 0 Å². The Morgan fingerprint density at radius 1 is 1.25 bits per heavy atom. The van der Waals surface area contributed by atoms with E-state index in [0.29, 0.717) is 6.10 Å². The van der Waals surface area contributed by atoms with E-state index in [4.69, 9.17) is 10.5 Å². The lowest BCUT2D eigenvalue weighted by Gasteiger charge is -2.49. The fourth-order valence-corrected chi connectivity index (χ4v) is 3.91. The van der Waals surface area contributed by atoms with E-state index < -0.39 is 0 Å². The fraction of sp³-hybridized carbons (Fsp3) is 0.647. The van der Waals surface area contributed by atoms with E-state index in [2.05, 4.69) is 29.2 Å². The Labute approximate surface area is 122 Å². The average Bonchev–Trinajstić information content (AvgIpc) is 2.54. The topological polar surface area (TPSA) is 38.5 Å². The van der Waals surface area contributed by atoms with Crippen molar-refractivity contribution in [2.45, 2.75) is 50.3 Å². The highest BCUT2D eigenvalue weighted by molar-refractivity contribution is 5.29. The lowest BCUT2D eigenvalue weighted by Crippen LogP contribution is -2.57. The molecule has 1 aliphatic carbocycles. The van der Waals surface area contributed by atoms with Gasteiger partial charge in [-0.15, -0.1) is 0 Å². The zero-order valence-corrected chi connectivity index (χ0v) is 12.5. The molecular formula is C17H26N2O. The number of hydrogen-bond donors (Lipinski definition) is 1. The molecule has 20 heavy (non-hydrogen) atoms. The van der Waals surface area contributed by atoms with Gasteiger partial charge in [-0.05, 0) is 43.2 Å². The summed E-state index contributed by atoms with van der Waals surface area (Å²) in [6.45, 7) is 2.97. The van der Waals surface area contributed by atoms with Crippen molar-refractivity contribution >= 4 is 0 Å². The van der Waals surface area contributed by atoms with Gasteiger partial charge in [0.15, 0.2) is 0 Å². The summed E-state index contributed by atoms with van der Waals surface area (Å²) in [4.78, 5) is 2.64. The number of nitrogens with zero attached hydrogens (tertiary/aromatic N) is 1. The van der Waals surface area contributed by atoms with Crippen molar-refractivity contribution in [1.29, 1.82) is 0 Å². The predicted octanol–water partition coefficient (Wildman–Crippen LogP) is 2.33. The normalized spacial score (nSPS) is 31.0. The first-order chi connectivity index (χ1) is 9.77. The highest BCUT2D eigenvalue weighted by Gasteiger charge is 2.40. The molecule has 0 saturated heterocycles. The molecule has 3 rings (SSSR count). The monoisotopic (exact) mass is 274 g/mol. The minimum atomic E-state index is 0.197. The van der Waals surface area contributed by atoms with E-state index in [-0.39, 0.29) is 5.54 Å². The Hall–Kier alpha value is -0.900. The van der Waals surface area contributed by atoms with Crippen molar-refractivity contribution < 1.29 is 4.74 Å². The zero-order chi connectivity index (χ0) is 14.0. The summed E-state index contributed by atoms with van der Waals surface area (Å²) in [6.07, 6.45) is 6.23. The molecule has 0 bridgehead atoms. The number of methoxy groups -OCH3 is 1. The molecule has 1 fully saturated rings. The number of nitrogens with two attached hydrogens (primary N) is 1. The second kappa shape index (κ2) is 5.84. The Balaban J connectivity index is 1.75. The third-order valence-electron chi connectivity index (χ3n) is 5.38. The lowest BCUT2D eigenvalue weighted by atomic mass is 9.77. The number of hydrogen-bond acceptors (Lipinski definition) is 3. The van der Waals surface area contributed by atoms with Crippen LogP contribution in [0.1, 0.15) is 36.8 Å². The minimum absolute atomic E-state index is 0.197. The van der Waals surface area contributed by atoms with Crippen LogP contribution in [0.3, 0.4) is 0 Å². The van der Waals surface area contributed by atoms with Gasteiger partial charge in [0.25, 0.3) is 0 Å². The maximum Gasteiger partial charge on any atom is 0.0572 e. The first kappa shape index (κ1) is 14.1. The summed E-state index contributed by atoms with van der Waals surface area (Å²) in [7, 11) is 1.83. The van der Waals surface area contributed by atoms with Crippen LogP contribution in [0.5, 0.6) is 0 Å². The smallest absolute Gasteiger partial charge is 0.0572 e. The summed E-state index contributed by atoms with van der Waals surface area (Å²) in [5.41, 5.74) is 9.39. The molecule has 1 saturated carbocycles. The molecule has 0 aromatic heterocycles. The van der Waals surface area contributed by atoms with Gasteiger partial charge in [-0.25, -0.2) is 0 Å². The lowest BCUT2D eigenvalue weighted by molar-refractivity contribution is -0.0129. The average molecular weight is 274 g/mol. The van der Waals surface area contributed by atoms with E-state index in [1.165, 1.54) is 24.0 Å². The molecular weight excluding hydrogens is 248 g/mol. The Morgan fingerprint density at radius 3 is 2.60 bits per heavy atom.